The highest BCUT2D eigenvalue weighted by Crippen LogP contribution is 2.25. The fourth-order valence-electron chi connectivity index (χ4n) is 4.75. The second-order valence-electron chi connectivity index (χ2n) is 11.9. The maximum absolute atomic E-state index is 13.5. The number of amides is 2. The van der Waals surface area contributed by atoms with Gasteiger partial charge >= 0.3 is 6.18 Å². The number of ketones is 3. The van der Waals surface area contributed by atoms with Crippen LogP contribution in [0.3, 0.4) is 0 Å². The zero-order valence-electron chi connectivity index (χ0n) is 26.5. The molecule has 0 radical (unpaired) electrons. The van der Waals surface area contributed by atoms with E-state index in [0.717, 1.165) is 0 Å². The van der Waals surface area contributed by atoms with Crippen molar-refractivity contribution in [3.63, 3.8) is 0 Å². The number of para-hydroxylation sites is 1. The summed E-state index contributed by atoms with van der Waals surface area (Å²) in [5.74, 6) is -4.40. The van der Waals surface area contributed by atoms with E-state index in [2.05, 4.69) is 10.6 Å². The van der Waals surface area contributed by atoms with Crippen LogP contribution in [0.4, 0.5) is 13.2 Å². The van der Waals surface area contributed by atoms with Gasteiger partial charge in [0.2, 0.25) is 11.8 Å². The van der Waals surface area contributed by atoms with Crippen LogP contribution in [0.2, 0.25) is 0 Å². The molecular weight excluding hydrogens is 605 g/mol. The first-order valence-electron chi connectivity index (χ1n) is 15.2. The molecule has 12 heteroatoms. The molecule has 2 amide bonds. The first-order chi connectivity index (χ1) is 21.6. The largest absolute Gasteiger partial charge is 0.486 e. The standard InChI is InChI=1S/C34H43F3N2O7/c1-21(2)27(19-25(41)20-46-26-13-9-6-10-14-26)33(45)39-29(18-24-11-7-5-8-12-24)30(42)17-22(3)32(44)38-28(16-15-23(4)40)31(43)34(35,36)37/h5-14,21-22,27-29,31,43H,15-20H2,1-4H3,(H,38,44)(H,39,45)/t22-,27+,28?,29+,31?/m1/s1. The molecule has 2 aromatic carbocycles. The number of ether oxygens (including phenoxy) is 1. The van der Waals surface area contributed by atoms with Gasteiger partial charge in [-0.3, -0.25) is 19.2 Å². The predicted octanol–water partition coefficient (Wildman–Crippen LogP) is 4.40. The molecule has 2 aromatic rings. The Labute approximate surface area is 267 Å². The lowest BCUT2D eigenvalue weighted by Crippen LogP contribution is -2.52. The summed E-state index contributed by atoms with van der Waals surface area (Å²) in [5, 5.41) is 14.7. The first-order valence-corrected chi connectivity index (χ1v) is 15.2. The van der Waals surface area contributed by atoms with Gasteiger partial charge < -0.3 is 25.3 Å². The highest BCUT2D eigenvalue weighted by atomic mass is 19.4. The zero-order valence-corrected chi connectivity index (χ0v) is 26.5. The minimum atomic E-state index is -5.04. The average Bonchev–Trinajstić information content (AvgIpc) is 3.00. The number of halogens is 3. The van der Waals surface area contributed by atoms with Crippen LogP contribution >= 0.6 is 0 Å². The molecule has 0 spiro atoms. The SMILES string of the molecule is CC(=O)CCC(NC(=O)[C@H](C)CC(=O)[C@H](Cc1ccccc1)NC(=O)[C@@H](CC(=O)COc1ccccc1)C(C)C)C(O)C(F)(F)F. The molecule has 46 heavy (non-hydrogen) atoms. The number of benzene rings is 2. The predicted molar refractivity (Wildman–Crippen MR) is 165 cm³/mol. The molecule has 2 rings (SSSR count). The van der Waals surface area contributed by atoms with Gasteiger partial charge in [0.15, 0.2) is 17.7 Å². The number of Topliss-reactive ketones (excluding diaryl/α,β-unsaturated/α-hetero) is 3. The van der Waals surface area contributed by atoms with Crippen molar-refractivity contribution >= 4 is 29.2 Å². The van der Waals surface area contributed by atoms with Crippen LogP contribution in [0.15, 0.2) is 60.7 Å². The van der Waals surface area contributed by atoms with Gasteiger partial charge in [-0.25, -0.2) is 0 Å². The van der Waals surface area contributed by atoms with E-state index in [1.807, 2.05) is 0 Å². The van der Waals surface area contributed by atoms with E-state index in [1.54, 1.807) is 74.5 Å². The van der Waals surface area contributed by atoms with Crippen LogP contribution in [-0.4, -0.2) is 65.2 Å². The lowest BCUT2D eigenvalue weighted by Gasteiger charge is -2.27. The van der Waals surface area contributed by atoms with Crippen LogP contribution in [0, 0.1) is 17.8 Å². The van der Waals surface area contributed by atoms with E-state index < -0.39 is 72.4 Å². The molecule has 5 atom stereocenters. The molecule has 0 heterocycles. The third-order valence-electron chi connectivity index (χ3n) is 7.53. The minimum absolute atomic E-state index is 0.0731. The number of nitrogens with one attached hydrogen (secondary N) is 2. The maximum Gasteiger partial charge on any atom is 0.416 e. The van der Waals surface area contributed by atoms with Crippen molar-refractivity contribution in [2.45, 2.75) is 84.2 Å². The van der Waals surface area contributed by atoms with Gasteiger partial charge in [-0.2, -0.15) is 13.2 Å². The van der Waals surface area contributed by atoms with Crippen molar-refractivity contribution in [3.05, 3.63) is 66.2 Å². The summed E-state index contributed by atoms with van der Waals surface area (Å²) < 4.78 is 45.2. The maximum atomic E-state index is 13.5. The monoisotopic (exact) mass is 648 g/mol. The number of aliphatic hydroxyl groups is 1. The number of hydrogen-bond acceptors (Lipinski definition) is 7. The van der Waals surface area contributed by atoms with Gasteiger partial charge in [-0.15, -0.1) is 0 Å². The van der Waals surface area contributed by atoms with E-state index in [-0.39, 0.29) is 37.6 Å². The molecule has 2 unspecified atom stereocenters. The normalized spacial score (nSPS) is 14.8. The van der Waals surface area contributed by atoms with Crippen LogP contribution < -0.4 is 15.4 Å². The van der Waals surface area contributed by atoms with Gasteiger partial charge in [0.05, 0.1) is 12.1 Å². The lowest BCUT2D eigenvalue weighted by atomic mass is 9.88. The van der Waals surface area contributed by atoms with Crippen molar-refractivity contribution in [3.8, 4) is 5.75 Å². The molecule has 0 fully saturated rings. The third kappa shape index (κ3) is 13.1. The quantitative estimate of drug-likeness (QED) is 0.205. The van der Waals surface area contributed by atoms with Crippen LogP contribution in [0.25, 0.3) is 0 Å². The van der Waals surface area contributed by atoms with E-state index in [9.17, 15) is 42.3 Å². The average molecular weight is 649 g/mol. The van der Waals surface area contributed by atoms with Crippen LogP contribution in [0.5, 0.6) is 5.75 Å². The Bertz CT molecular complexity index is 1300. The summed E-state index contributed by atoms with van der Waals surface area (Å²) in [6.07, 6.45) is -9.18. The molecule has 0 aromatic heterocycles. The molecule has 0 saturated heterocycles. The molecular formula is C34H43F3N2O7. The van der Waals surface area contributed by atoms with Crippen molar-refractivity contribution in [1.82, 2.24) is 10.6 Å². The Morgan fingerprint density at radius 2 is 1.43 bits per heavy atom. The summed E-state index contributed by atoms with van der Waals surface area (Å²) in [4.78, 5) is 63.9. The van der Waals surface area contributed by atoms with Crippen LogP contribution in [-0.2, 0) is 30.4 Å². The minimum Gasteiger partial charge on any atom is -0.486 e. The summed E-state index contributed by atoms with van der Waals surface area (Å²) in [7, 11) is 0. The summed E-state index contributed by atoms with van der Waals surface area (Å²) in [5.41, 5.74) is 0.712. The molecule has 252 valence electrons. The number of rotatable bonds is 19. The second kappa shape index (κ2) is 18.2. The summed E-state index contributed by atoms with van der Waals surface area (Å²) in [6.45, 7) is 5.83. The smallest absolute Gasteiger partial charge is 0.416 e. The molecule has 0 saturated carbocycles. The highest BCUT2D eigenvalue weighted by molar-refractivity contribution is 5.94. The third-order valence-corrected chi connectivity index (χ3v) is 7.53. The van der Waals surface area contributed by atoms with Gasteiger partial charge in [0, 0.05) is 31.1 Å². The van der Waals surface area contributed by atoms with Gasteiger partial charge in [0.1, 0.15) is 18.1 Å². The Kier molecular flexibility index (Phi) is 15.1. The van der Waals surface area contributed by atoms with Crippen molar-refractivity contribution in [2.75, 3.05) is 6.61 Å². The van der Waals surface area contributed by atoms with Crippen molar-refractivity contribution in [1.29, 1.82) is 0 Å². The molecule has 0 bridgehead atoms. The van der Waals surface area contributed by atoms with Gasteiger partial charge in [-0.1, -0.05) is 69.3 Å². The van der Waals surface area contributed by atoms with Gasteiger partial charge in [0.25, 0.3) is 0 Å². The Morgan fingerprint density at radius 1 is 0.848 bits per heavy atom. The lowest BCUT2D eigenvalue weighted by molar-refractivity contribution is -0.213. The number of carbonyl (C=O) groups is 5. The summed E-state index contributed by atoms with van der Waals surface area (Å²) >= 11 is 0. The van der Waals surface area contributed by atoms with E-state index in [1.165, 1.54) is 13.8 Å². The Balaban J connectivity index is 2.15. The Hall–Kier alpha value is -4.06. The summed E-state index contributed by atoms with van der Waals surface area (Å²) in [6, 6.07) is 14.6. The molecule has 0 aliphatic heterocycles. The van der Waals surface area contributed by atoms with Crippen molar-refractivity contribution < 1.29 is 47.0 Å². The fraction of sp³-hybridized carbons (Fsp3) is 0.500. The fourth-order valence-corrected chi connectivity index (χ4v) is 4.75. The van der Waals surface area contributed by atoms with Crippen LogP contribution in [0.1, 0.15) is 58.9 Å². The van der Waals surface area contributed by atoms with E-state index in [0.29, 0.717) is 11.3 Å². The topological polar surface area (TPSA) is 139 Å². The number of alkyl halides is 3. The molecule has 0 aliphatic carbocycles. The Morgan fingerprint density at radius 3 is 1.98 bits per heavy atom. The second-order valence-corrected chi connectivity index (χ2v) is 11.9. The molecule has 9 nitrogen and oxygen atoms in total. The van der Waals surface area contributed by atoms with Crippen molar-refractivity contribution in [2.24, 2.45) is 17.8 Å². The highest BCUT2D eigenvalue weighted by Gasteiger charge is 2.44. The zero-order chi connectivity index (χ0) is 34.4. The first kappa shape index (κ1) is 38.1. The van der Waals surface area contributed by atoms with E-state index in [4.69, 9.17) is 4.74 Å². The number of carbonyl (C=O) groups excluding carboxylic acids is 5. The number of hydrogen-bond donors (Lipinski definition) is 3. The molecule has 0 aliphatic rings. The van der Waals surface area contributed by atoms with Gasteiger partial charge in [-0.05, 0) is 43.4 Å². The molecule has 3 N–H and O–H groups in total. The van der Waals surface area contributed by atoms with E-state index >= 15 is 0 Å². The number of aliphatic hydroxyl groups excluding tert-OH is 1.